The Balaban J connectivity index is 1.93. The van der Waals surface area contributed by atoms with E-state index < -0.39 is 0 Å². The average Bonchev–Trinajstić information content (AvgIpc) is 3.07. The molecule has 0 atom stereocenters. The van der Waals surface area contributed by atoms with Gasteiger partial charge in [-0.1, -0.05) is 6.07 Å². The normalized spacial score (nSPS) is 18.5. The molecule has 1 N–H and O–H groups in total. The van der Waals surface area contributed by atoms with Crippen LogP contribution in [0, 0.1) is 0 Å². The van der Waals surface area contributed by atoms with Gasteiger partial charge in [0.15, 0.2) is 0 Å². The minimum Gasteiger partial charge on any atom is -0.331 e. The van der Waals surface area contributed by atoms with Crippen molar-refractivity contribution in [2.24, 2.45) is 0 Å². The number of anilines is 1. The van der Waals surface area contributed by atoms with Crippen molar-refractivity contribution in [2.45, 2.75) is 25.4 Å². The van der Waals surface area contributed by atoms with E-state index in [1.165, 1.54) is 0 Å². The van der Waals surface area contributed by atoms with Crippen molar-refractivity contribution in [3.63, 3.8) is 0 Å². The van der Waals surface area contributed by atoms with Crippen LogP contribution in [0.25, 0.3) is 0 Å². The number of nitrogens with one attached hydrogen (secondary N) is 1. The van der Waals surface area contributed by atoms with Crippen LogP contribution in [0.15, 0.2) is 18.2 Å². The molecule has 0 radical (unpaired) electrons. The monoisotopic (exact) mass is 216 g/mol. The van der Waals surface area contributed by atoms with Gasteiger partial charge in [-0.25, -0.2) is 0 Å². The standard InChI is InChI=1S/C12H12N2O2/c15-7-13-9-2-1-8-6-14(10-3-4-10)12(16)11(8)5-9/h1-2,5,7,10H,3-4,6H2,(H,13,15). The highest BCUT2D eigenvalue weighted by Gasteiger charge is 2.38. The van der Waals surface area contributed by atoms with E-state index in [4.69, 9.17) is 0 Å². The number of benzene rings is 1. The van der Waals surface area contributed by atoms with Gasteiger partial charge in [0.2, 0.25) is 6.41 Å². The van der Waals surface area contributed by atoms with E-state index in [9.17, 15) is 9.59 Å². The minimum absolute atomic E-state index is 0.104. The van der Waals surface area contributed by atoms with E-state index in [1.54, 1.807) is 6.07 Å². The molecule has 3 rings (SSSR count). The maximum absolute atomic E-state index is 12.0. The number of amides is 2. The van der Waals surface area contributed by atoms with Crippen molar-refractivity contribution in [2.75, 3.05) is 5.32 Å². The molecule has 1 aromatic rings. The third-order valence-electron chi connectivity index (χ3n) is 3.16. The molecule has 16 heavy (non-hydrogen) atoms. The average molecular weight is 216 g/mol. The molecular weight excluding hydrogens is 204 g/mol. The molecule has 1 aromatic carbocycles. The van der Waals surface area contributed by atoms with Gasteiger partial charge in [0.05, 0.1) is 0 Å². The van der Waals surface area contributed by atoms with Crippen LogP contribution >= 0.6 is 0 Å². The number of rotatable bonds is 3. The van der Waals surface area contributed by atoms with Crippen LogP contribution in [0.1, 0.15) is 28.8 Å². The van der Waals surface area contributed by atoms with Gasteiger partial charge in [-0.15, -0.1) is 0 Å². The van der Waals surface area contributed by atoms with Crippen molar-refractivity contribution in [3.05, 3.63) is 29.3 Å². The highest BCUT2D eigenvalue weighted by molar-refractivity contribution is 6.00. The third-order valence-corrected chi connectivity index (χ3v) is 3.16. The van der Waals surface area contributed by atoms with Crippen LogP contribution in [0.5, 0.6) is 0 Å². The molecule has 2 amide bonds. The molecule has 1 aliphatic heterocycles. The van der Waals surface area contributed by atoms with E-state index in [1.807, 2.05) is 17.0 Å². The first-order valence-corrected chi connectivity index (χ1v) is 5.43. The minimum atomic E-state index is 0.104. The molecule has 1 saturated carbocycles. The molecule has 0 aromatic heterocycles. The first-order chi connectivity index (χ1) is 7.79. The van der Waals surface area contributed by atoms with Crippen LogP contribution in [0.3, 0.4) is 0 Å². The first kappa shape index (κ1) is 9.39. The Bertz CT molecular complexity index is 466. The number of hydrogen-bond acceptors (Lipinski definition) is 2. The van der Waals surface area contributed by atoms with Gasteiger partial charge < -0.3 is 10.2 Å². The summed E-state index contributed by atoms with van der Waals surface area (Å²) < 4.78 is 0. The van der Waals surface area contributed by atoms with Crippen LogP contribution in [0.4, 0.5) is 5.69 Å². The van der Waals surface area contributed by atoms with Crippen LogP contribution in [0.2, 0.25) is 0 Å². The number of carbonyl (C=O) groups excluding carboxylic acids is 2. The molecule has 4 nitrogen and oxygen atoms in total. The van der Waals surface area contributed by atoms with Crippen molar-refractivity contribution < 1.29 is 9.59 Å². The Labute approximate surface area is 93.2 Å². The fourth-order valence-electron chi connectivity index (χ4n) is 2.16. The summed E-state index contributed by atoms with van der Waals surface area (Å²) in [5.74, 6) is 0.104. The molecule has 1 fully saturated rings. The zero-order valence-corrected chi connectivity index (χ0v) is 8.77. The number of nitrogens with zero attached hydrogens (tertiary/aromatic N) is 1. The van der Waals surface area contributed by atoms with Crippen molar-refractivity contribution in [1.29, 1.82) is 0 Å². The Hall–Kier alpha value is -1.84. The lowest BCUT2D eigenvalue weighted by atomic mass is 10.1. The smallest absolute Gasteiger partial charge is 0.254 e. The maximum atomic E-state index is 12.0. The number of carbonyl (C=O) groups is 2. The first-order valence-electron chi connectivity index (χ1n) is 5.43. The molecule has 1 aliphatic carbocycles. The largest absolute Gasteiger partial charge is 0.331 e. The second-order valence-electron chi connectivity index (χ2n) is 4.30. The Morgan fingerprint density at radius 1 is 1.38 bits per heavy atom. The molecule has 0 unspecified atom stereocenters. The summed E-state index contributed by atoms with van der Waals surface area (Å²) in [6.45, 7) is 0.722. The van der Waals surface area contributed by atoms with Gasteiger partial charge in [-0.3, -0.25) is 9.59 Å². The lowest BCUT2D eigenvalue weighted by molar-refractivity contribution is -0.105. The fourth-order valence-corrected chi connectivity index (χ4v) is 2.16. The third kappa shape index (κ3) is 1.38. The summed E-state index contributed by atoms with van der Waals surface area (Å²) in [7, 11) is 0. The van der Waals surface area contributed by atoms with E-state index >= 15 is 0 Å². The SMILES string of the molecule is O=CNc1ccc2c(c1)C(=O)N(C1CC1)C2. The zero-order valence-electron chi connectivity index (χ0n) is 8.77. The quantitative estimate of drug-likeness (QED) is 0.776. The molecular formula is C12H12N2O2. The Morgan fingerprint density at radius 3 is 2.88 bits per heavy atom. The van der Waals surface area contributed by atoms with Gasteiger partial charge in [-0.2, -0.15) is 0 Å². The second-order valence-corrected chi connectivity index (χ2v) is 4.30. The summed E-state index contributed by atoms with van der Waals surface area (Å²) in [6, 6.07) is 5.95. The second kappa shape index (κ2) is 3.33. The van der Waals surface area contributed by atoms with Crippen molar-refractivity contribution >= 4 is 18.0 Å². The topological polar surface area (TPSA) is 49.4 Å². The molecule has 0 spiro atoms. The van der Waals surface area contributed by atoms with Gasteiger partial charge >= 0.3 is 0 Å². The Morgan fingerprint density at radius 2 is 2.19 bits per heavy atom. The predicted molar refractivity (Wildman–Crippen MR) is 59.0 cm³/mol. The van der Waals surface area contributed by atoms with Crippen LogP contribution in [-0.2, 0) is 11.3 Å². The van der Waals surface area contributed by atoms with Gasteiger partial charge in [0.25, 0.3) is 5.91 Å². The van der Waals surface area contributed by atoms with Crippen molar-refractivity contribution in [1.82, 2.24) is 4.90 Å². The summed E-state index contributed by atoms with van der Waals surface area (Å²) in [5, 5.41) is 2.57. The van der Waals surface area contributed by atoms with Crippen molar-refractivity contribution in [3.8, 4) is 0 Å². The number of hydrogen-bond donors (Lipinski definition) is 1. The fraction of sp³-hybridized carbons (Fsp3) is 0.333. The molecule has 1 heterocycles. The summed E-state index contributed by atoms with van der Waals surface area (Å²) in [5.41, 5.74) is 2.48. The molecule has 2 aliphatic rings. The molecule has 0 bridgehead atoms. The maximum Gasteiger partial charge on any atom is 0.254 e. The number of fused-ring (bicyclic) bond motifs is 1. The highest BCUT2D eigenvalue weighted by Crippen LogP contribution is 2.35. The van der Waals surface area contributed by atoms with E-state index in [0.717, 1.165) is 30.5 Å². The van der Waals surface area contributed by atoms with E-state index in [0.29, 0.717) is 18.1 Å². The molecule has 82 valence electrons. The van der Waals surface area contributed by atoms with Gasteiger partial charge in [0, 0.05) is 23.8 Å². The molecule has 0 saturated heterocycles. The van der Waals surface area contributed by atoms with Crippen LogP contribution < -0.4 is 5.32 Å². The molecule has 4 heteroatoms. The predicted octanol–water partition coefficient (Wildman–Crippen LogP) is 1.37. The summed E-state index contributed by atoms with van der Waals surface area (Å²) in [4.78, 5) is 24.3. The summed E-state index contributed by atoms with van der Waals surface area (Å²) in [6.07, 6.45) is 2.87. The highest BCUT2D eigenvalue weighted by atomic mass is 16.2. The van der Waals surface area contributed by atoms with Crippen LogP contribution in [-0.4, -0.2) is 23.3 Å². The Kier molecular flexibility index (Phi) is 1.96. The summed E-state index contributed by atoms with van der Waals surface area (Å²) >= 11 is 0. The van der Waals surface area contributed by atoms with E-state index in [2.05, 4.69) is 5.32 Å². The van der Waals surface area contributed by atoms with Gasteiger partial charge in [0.1, 0.15) is 0 Å². The lowest BCUT2D eigenvalue weighted by Crippen LogP contribution is -2.25. The zero-order chi connectivity index (χ0) is 11.1. The lowest BCUT2D eigenvalue weighted by Gasteiger charge is -2.13. The van der Waals surface area contributed by atoms with E-state index in [-0.39, 0.29) is 5.91 Å². The van der Waals surface area contributed by atoms with Gasteiger partial charge in [-0.05, 0) is 30.5 Å².